The highest BCUT2D eigenvalue weighted by molar-refractivity contribution is 8.19. The van der Waals surface area contributed by atoms with Crippen LogP contribution in [0, 0.1) is 0 Å². The van der Waals surface area contributed by atoms with Crippen LogP contribution in [0.1, 0.15) is 0 Å². The van der Waals surface area contributed by atoms with Gasteiger partial charge in [0.15, 0.2) is 9.84 Å². The number of carbonyl (C=O) groups is 1. The summed E-state index contributed by atoms with van der Waals surface area (Å²) in [5.41, 5.74) is 4.45. The maximum absolute atomic E-state index is 12.7. The lowest BCUT2D eigenvalue weighted by atomic mass is 10.1. The Bertz CT molecular complexity index is 2990. The molecule has 0 saturated carbocycles. The van der Waals surface area contributed by atoms with Crippen molar-refractivity contribution in [2.24, 2.45) is 16.0 Å². The van der Waals surface area contributed by atoms with Crippen molar-refractivity contribution >= 4 is 120 Å². The van der Waals surface area contributed by atoms with Gasteiger partial charge in [0, 0.05) is 16.8 Å². The first-order valence-electron chi connectivity index (χ1n) is 15.3. The Balaban J connectivity index is 1.46. The van der Waals surface area contributed by atoms with Crippen molar-refractivity contribution < 1.29 is 70.0 Å². The van der Waals surface area contributed by atoms with Crippen LogP contribution in [0.15, 0.2) is 96.5 Å². The number of azo groups is 1. The maximum atomic E-state index is 12.7. The SMILES string of the molecule is NC(=O)Nc1cc(Nc2nc(Cl)nc(Nc3cccc(S(=O)(=O)CCOS(=O)(=O)O)c3)n2)ccc1N=Nc1cc2c(S(=O)(=O)O)cc(S(O)(O)O)cc2cc1S(=O)(=O)O. The van der Waals surface area contributed by atoms with Crippen LogP contribution in [-0.2, 0) is 44.7 Å². The molecule has 0 saturated heterocycles. The average Bonchev–Trinajstić information content (AvgIpc) is 3.08. The molecule has 0 aliphatic heterocycles. The summed E-state index contributed by atoms with van der Waals surface area (Å²) in [7, 11) is -23.9. The Hall–Kier alpha value is -5.22. The minimum atomic E-state index is -5.18. The highest BCUT2D eigenvalue weighted by atomic mass is 35.5. The molecule has 11 N–H and O–H groups in total. The summed E-state index contributed by atoms with van der Waals surface area (Å²) in [6, 6.07) is 10.5. The van der Waals surface area contributed by atoms with E-state index in [0.717, 1.165) is 18.2 Å². The zero-order valence-corrected chi connectivity index (χ0v) is 33.6. The lowest BCUT2D eigenvalue weighted by molar-refractivity contribution is 0.259. The second-order valence-corrected chi connectivity index (χ2v) is 19.3. The summed E-state index contributed by atoms with van der Waals surface area (Å²) in [6.45, 7) is -0.856. The number of nitrogens with one attached hydrogen (secondary N) is 3. The van der Waals surface area contributed by atoms with Crippen molar-refractivity contribution in [1.82, 2.24) is 15.0 Å². The first-order valence-corrected chi connectivity index (χ1v) is 23.1. The lowest BCUT2D eigenvalue weighted by Gasteiger charge is -2.20. The predicted molar refractivity (Wildman–Crippen MR) is 209 cm³/mol. The number of hydrogen-bond donors (Lipinski definition) is 10. The largest absolute Gasteiger partial charge is 0.397 e. The second-order valence-electron chi connectivity index (χ2n) is 11.5. The monoisotopic (exact) mass is 939 g/mol. The van der Waals surface area contributed by atoms with Crippen molar-refractivity contribution in [3.05, 3.63) is 72.0 Å². The topological polar surface area (TPSA) is 410 Å². The number of nitrogens with two attached hydrogens (primary N) is 1. The van der Waals surface area contributed by atoms with E-state index in [0.29, 0.717) is 12.1 Å². The van der Waals surface area contributed by atoms with E-state index in [1.54, 1.807) is 0 Å². The smallest absolute Gasteiger partial charge is 0.351 e. The molecule has 0 atom stereocenters. The number of aromatic nitrogens is 3. The molecule has 0 bridgehead atoms. The summed E-state index contributed by atoms with van der Waals surface area (Å²) in [5, 5.41) is 14.2. The second kappa shape index (κ2) is 16.8. The molecule has 31 heteroatoms. The van der Waals surface area contributed by atoms with Crippen molar-refractivity contribution in [1.29, 1.82) is 0 Å². The van der Waals surface area contributed by atoms with Gasteiger partial charge >= 0.3 is 16.4 Å². The van der Waals surface area contributed by atoms with Gasteiger partial charge in [0.25, 0.3) is 20.2 Å². The molecule has 0 spiro atoms. The van der Waals surface area contributed by atoms with E-state index in [9.17, 15) is 61.2 Å². The van der Waals surface area contributed by atoms with E-state index >= 15 is 0 Å². The zero-order chi connectivity index (χ0) is 43.7. The quantitative estimate of drug-likeness (QED) is 0.0500. The summed E-state index contributed by atoms with van der Waals surface area (Å²) in [5.74, 6) is -1.22. The van der Waals surface area contributed by atoms with Crippen LogP contribution < -0.4 is 21.7 Å². The molecule has 59 heavy (non-hydrogen) atoms. The van der Waals surface area contributed by atoms with Crippen LogP contribution >= 0.6 is 22.5 Å². The number of urea groups is 1. The fourth-order valence-electron chi connectivity index (χ4n) is 4.87. The molecule has 316 valence electrons. The minimum absolute atomic E-state index is 0.119. The van der Waals surface area contributed by atoms with Crippen LogP contribution in [0.25, 0.3) is 10.8 Å². The highest BCUT2D eigenvalue weighted by Gasteiger charge is 2.26. The standard InChI is InChI=1S/C28H26ClN9O16S5/c29-25-34-27(31-15-2-1-3-17(10-15)55(40,41)7-6-54-59(51,52)53)36-28(35-25)32-16-4-5-20(21(11-16)33-26(30)39)37-38-22-13-19-14(9-24(22)58(48,49)50)8-18(56(42,43)44)12-23(19)57(45,46)47/h1-5,8-13,42-44H,6-7H2,(H3,30,33,39)(H,45,46,47)(H,48,49,50)(H,51,52,53)(H2,31,32,34,35,36). The molecule has 0 aliphatic carbocycles. The number of nitrogens with zero attached hydrogens (tertiary/aromatic N) is 5. The number of hydrogen-bond acceptors (Lipinski definition) is 20. The zero-order valence-electron chi connectivity index (χ0n) is 28.8. The van der Waals surface area contributed by atoms with Gasteiger partial charge in [-0.15, -0.1) is 10.2 Å². The van der Waals surface area contributed by atoms with Gasteiger partial charge < -0.3 is 35.3 Å². The van der Waals surface area contributed by atoms with Gasteiger partial charge in [-0.2, -0.15) is 40.2 Å². The van der Waals surface area contributed by atoms with Crippen LogP contribution in [0.5, 0.6) is 0 Å². The fraction of sp³-hybridized carbons (Fsp3) is 0.0714. The van der Waals surface area contributed by atoms with E-state index in [-0.39, 0.29) is 44.8 Å². The highest BCUT2D eigenvalue weighted by Crippen LogP contribution is 2.47. The molecule has 0 unspecified atom stereocenters. The van der Waals surface area contributed by atoms with Crippen LogP contribution in [0.3, 0.4) is 0 Å². The molecule has 0 aliphatic rings. The number of fused-ring (bicyclic) bond motifs is 1. The van der Waals surface area contributed by atoms with Crippen molar-refractivity contribution in [2.75, 3.05) is 28.3 Å². The number of anilines is 5. The third kappa shape index (κ3) is 11.9. The summed E-state index contributed by atoms with van der Waals surface area (Å²) >= 11 is 6.09. The van der Waals surface area contributed by atoms with Crippen LogP contribution in [0.4, 0.5) is 45.1 Å². The number of carbonyl (C=O) groups excluding carboxylic acids is 1. The Morgan fingerprint density at radius 3 is 1.90 bits per heavy atom. The van der Waals surface area contributed by atoms with E-state index in [2.05, 4.69) is 45.3 Å². The fourth-order valence-corrected chi connectivity index (χ4v) is 8.57. The molecule has 1 aromatic heterocycles. The van der Waals surface area contributed by atoms with Crippen molar-refractivity contribution in [3.8, 4) is 0 Å². The van der Waals surface area contributed by atoms with Gasteiger partial charge in [-0.3, -0.25) is 13.7 Å². The normalized spacial score (nSPS) is 13.1. The van der Waals surface area contributed by atoms with Crippen LogP contribution in [0.2, 0.25) is 5.28 Å². The molecule has 0 fully saturated rings. The molecule has 5 rings (SSSR count). The molecular weight excluding hydrogens is 914 g/mol. The number of halogens is 1. The average molecular weight is 940 g/mol. The van der Waals surface area contributed by atoms with E-state index in [4.69, 9.17) is 21.9 Å². The van der Waals surface area contributed by atoms with Gasteiger partial charge in [0.1, 0.15) is 32.0 Å². The number of rotatable bonds is 15. The molecule has 0 radical (unpaired) electrons. The van der Waals surface area contributed by atoms with Gasteiger partial charge in [-0.25, -0.2) is 17.4 Å². The molecule has 5 aromatic rings. The minimum Gasteiger partial charge on any atom is -0.351 e. The van der Waals surface area contributed by atoms with E-state index < -0.39 is 101 Å². The molecule has 1 heterocycles. The Labute approximate surface area is 339 Å². The van der Waals surface area contributed by atoms with E-state index in [1.807, 2.05) is 0 Å². The third-order valence-corrected chi connectivity index (χ3v) is 12.2. The molecule has 4 aromatic carbocycles. The molecule has 25 nitrogen and oxygen atoms in total. The summed E-state index contributed by atoms with van der Waals surface area (Å²) in [6.07, 6.45) is 0. The molecular formula is C28H26ClN9O16S5. The first kappa shape index (κ1) is 44.9. The Kier molecular flexibility index (Phi) is 12.8. The van der Waals surface area contributed by atoms with Crippen LogP contribution in [-0.4, -0.2) is 94.3 Å². The van der Waals surface area contributed by atoms with E-state index in [1.165, 1.54) is 36.4 Å². The number of benzene rings is 4. The Morgan fingerprint density at radius 1 is 0.712 bits per heavy atom. The van der Waals surface area contributed by atoms with Crippen molar-refractivity contribution in [2.45, 2.75) is 19.6 Å². The number of amides is 2. The van der Waals surface area contributed by atoms with Gasteiger partial charge in [-0.05, 0) is 77.7 Å². The summed E-state index contributed by atoms with van der Waals surface area (Å²) in [4.78, 5) is 20.9. The van der Waals surface area contributed by atoms with Gasteiger partial charge in [-0.1, -0.05) is 6.07 Å². The van der Waals surface area contributed by atoms with Crippen molar-refractivity contribution in [3.63, 3.8) is 0 Å². The molecule has 2 amide bonds. The Morgan fingerprint density at radius 2 is 1.32 bits per heavy atom. The predicted octanol–water partition coefficient (Wildman–Crippen LogP) is 4.74. The summed E-state index contributed by atoms with van der Waals surface area (Å²) < 4.78 is 158. The first-order chi connectivity index (χ1) is 27.2. The lowest BCUT2D eigenvalue weighted by Crippen LogP contribution is -2.19. The maximum Gasteiger partial charge on any atom is 0.397 e. The van der Waals surface area contributed by atoms with Gasteiger partial charge in [0.2, 0.25) is 17.2 Å². The number of primary amides is 1. The third-order valence-electron chi connectivity index (χ3n) is 7.26. The van der Waals surface area contributed by atoms with Gasteiger partial charge in [0.05, 0.1) is 27.8 Å². The number of sulfone groups is 1.